The zero-order chi connectivity index (χ0) is 14.8. The first-order chi connectivity index (χ1) is 10.2. The molecule has 0 aliphatic heterocycles. The van der Waals surface area contributed by atoms with Crippen molar-refractivity contribution in [1.29, 1.82) is 0 Å². The van der Waals surface area contributed by atoms with Crippen LogP contribution in [0, 0.1) is 10.1 Å². The largest absolute Gasteiger partial charge is 0.378 e. The van der Waals surface area contributed by atoms with Gasteiger partial charge in [0.15, 0.2) is 0 Å². The second-order valence-corrected chi connectivity index (χ2v) is 5.51. The third-order valence-electron chi connectivity index (χ3n) is 3.41. The molecule has 1 aromatic carbocycles. The molecule has 0 amide bonds. The first kappa shape index (κ1) is 13.5. The van der Waals surface area contributed by atoms with Gasteiger partial charge in [-0.2, -0.15) is 11.3 Å². The number of pyridine rings is 1. The molecule has 0 aliphatic carbocycles. The number of rotatable bonds is 4. The molecule has 2 aromatic heterocycles. The van der Waals surface area contributed by atoms with Gasteiger partial charge in [0, 0.05) is 35.6 Å². The van der Waals surface area contributed by atoms with Crippen LogP contribution in [0.2, 0.25) is 0 Å². The molecule has 5 nitrogen and oxygen atoms in total. The normalized spacial score (nSPS) is 12.2. The fourth-order valence-electron chi connectivity index (χ4n) is 2.30. The van der Waals surface area contributed by atoms with E-state index in [1.807, 2.05) is 5.38 Å². The molecule has 2 heterocycles. The molecule has 1 N–H and O–H groups in total. The number of nitrogens with one attached hydrogen (secondary N) is 1. The highest BCUT2D eigenvalue weighted by Crippen LogP contribution is 2.32. The SMILES string of the molecule is CC(Nc1ccc([N+](=O)[O-])c2ccncc12)c1ccsc1. The van der Waals surface area contributed by atoms with Crippen LogP contribution in [0.5, 0.6) is 0 Å². The lowest BCUT2D eigenvalue weighted by molar-refractivity contribution is -0.383. The average molecular weight is 299 g/mol. The summed E-state index contributed by atoms with van der Waals surface area (Å²) in [5, 5.41) is 20.0. The number of aromatic nitrogens is 1. The summed E-state index contributed by atoms with van der Waals surface area (Å²) in [6.07, 6.45) is 3.23. The molecule has 0 saturated carbocycles. The van der Waals surface area contributed by atoms with Gasteiger partial charge >= 0.3 is 0 Å². The summed E-state index contributed by atoms with van der Waals surface area (Å²) in [6, 6.07) is 7.14. The van der Waals surface area contributed by atoms with E-state index in [9.17, 15) is 10.1 Å². The van der Waals surface area contributed by atoms with Gasteiger partial charge in [-0.1, -0.05) is 0 Å². The van der Waals surface area contributed by atoms with Gasteiger partial charge in [0.1, 0.15) is 0 Å². The quantitative estimate of drug-likeness (QED) is 0.573. The van der Waals surface area contributed by atoms with Crippen LogP contribution in [0.4, 0.5) is 11.4 Å². The standard InChI is InChI=1S/C15H13N3O2S/c1-10(11-5-7-21-9-11)17-14-2-3-15(18(19)20)12-4-6-16-8-13(12)14/h2-10,17H,1H3. The summed E-state index contributed by atoms with van der Waals surface area (Å²) in [4.78, 5) is 14.8. The van der Waals surface area contributed by atoms with E-state index >= 15 is 0 Å². The van der Waals surface area contributed by atoms with Crippen molar-refractivity contribution in [3.63, 3.8) is 0 Å². The maximum absolute atomic E-state index is 11.1. The number of anilines is 1. The second-order valence-electron chi connectivity index (χ2n) is 4.73. The smallest absolute Gasteiger partial charge is 0.277 e. The van der Waals surface area contributed by atoms with Crippen molar-refractivity contribution in [2.45, 2.75) is 13.0 Å². The molecule has 0 fully saturated rings. The molecule has 0 saturated heterocycles. The summed E-state index contributed by atoms with van der Waals surface area (Å²) in [5.41, 5.74) is 2.14. The van der Waals surface area contributed by atoms with E-state index in [4.69, 9.17) is 0 Å². The van der Waals surface area contributed by atoms with Crippen molar-refractivity contribution in [3.8, 4) is 0 Å². The molecule has 0 radical (unpaired) electrons. The maximum Gasteiger partial charge on any atom is 0.277 e. The van der Waals surface area contributed by atoms with Gasteiger partial charge in [0.25, 0.3) is 5.69 Å². The Labute approximate surface area is 125 Å². The van der Waals surface area contributed by atoms with Gasteiger partial charge in [0.05, 0.1) is 10.3 Å². The topological polar surface area (TPSA) is 68.1 Å². The molecule has 3 rings (SSSR count). The Bertz CT molecular complexity index is 787. The third-order valence-corrected chi connectivity index (χ3v) is 4.11. The van der Waals surface area contributed by atoms with Crippen LogP contribution in [0.15, 0.2) is 47.4 Å². The average Bonchev–Trinajstić information content (AvgIpc) is 3.01. The first-order valence-corrected chi connectivity index (χ1v) is 7.41. The van der Waals surface area contributed by atoms with Crippen LogP contribution in [0.25, 0.3) is 10.8 Å². The van der Waals surface area contributed by atoms with Crippen LogP contribution in [-0.4, -0.2) is 9.91 Å². The minimum absolute atomic E-state index is 0.0983. The number of hydrogen-bond acceptors (Lipinski definition) is 5. The number of fused-ring (bicyclic) bond motifs is 1. The Balaban J connectivity index is 2.04. The summed E-state index contributed by atoms with van der Waals surface area (Å²) < 4.78 is 0. The van der Waals surface area contributed by atoms with Crippen LogP contribution in [0.3, 0.4) is 0 Å². The van der Waals surface area contributed by atoms with Crippen molar-refractivity contribution in [1.82, 2.24) is 4.98 Å². The Morgan fingerprint density at radius 1 is 1.29 bits per heavy atom. The van der Waals surface area contributed by atoms with Crippen molar-refractivity contribution in [3.05, 3.63) is 63.1 Å². The minimum Gasteiger partial charge on any atom is -0.378 e. The van der Waals surface area contributed by atoms with Crippen LogP contribution in [-0.2, 0) is 0 Å². The fraction of sp³-hybridized carbons (Fsp3) is 0.133. The summed E-state index contributed by atoms with van der Waals surface area (Å²) >= 11 is 1.65. The first-order valence-electron chi connectivity index (χ1n) is 6.46. The highest BCUT2D eigenvalue weighted by Gasteiger charge is 2.15. The molecule has 3 aromatic rings. The van der Waals surface area contributed by atoms with Crippen molar-refractivity contribution < 1.29 is 4.92 Å². The maximum atomic E-state index is 11.1. The van der Waals surface area contributed by atoms with E-state index in [1.54, 1.807) is 35.9 Å². The predicted octanol–water partition coefficient (Wildman–Crippen LogP) is 4.38. The zero-order valence-electron chi connectivity index (χ0n) is 11.3. The van der Waals surface area contributed by atoms with Crippen molar-refractivity contribution >= 4 is 33.5 Å². The number of non-ortho nitro benzene ring substituents is 1. The van der Waals surface area contributed by atoms with Crippen molar-refractivity contribution in [2.75, 3.05) is 5.32 Å². The molecular formula is C15H13N3O2S. The van der Waals surface area contributed by atoms with E-state index in [2.05, 4.69) is 28.7 Å². The van der Waals surface area contributed by atoms with Gasteiger partial charge in [0.2, 0.25) is 0 Å². The lowest BCUT2D eigenvalue weighted by atomic mass is 10.1. The number of nitro benzene ring substituents is 1. The molecule has 21 heavy (non-hydrogen) atoms. The van der Waals surface area contributed by atoms with Gasteiger partial charge in [-0.3, -0.25) is 15.1 Å². The van der Waals surface area contributed by atoms with E-state index in [-0.39, 0.29) is 16.7 Å². The molecule has 6 heteroatoms. The van der Waals surface area contributed by atoms with E-state index < -0.39 is 0 Å². The number of thiophene rings is 1. The third kappa shape index (κ3) is 2.57. The Hall–Kier alpha value is -2.47. The molecule has 106 valence electrons. The molecule has 1 atom stereocenters. The Morgan fingerprint density at radius 2 is 2.14 bits per heavy atom. The van der Waals surface area contributed by atoms with E-state index in [0.29, 0.717) is 5.39 Å². The van der Waals surface area contributed by atoms with Gasteiger partial charge in [-0.25, -0.2) is 0 Å². The number of hydrogen-bond donors (Lipinski definition) is 1. The fourth-order valence-corrected chi connectivity index (χ4v) is 3.05. The zero-order valence-corrected chi connectivity index (χ0v) is 12.1. The van der Waals surface area contributed by atoms with E-state index in [1.165, 1.54) is 11.6 Å². The van der Waals surface area contributed by atoms with E-state index in [0.717, 1.165) is 11.1 Å². The van der Waals surface area contributed by atoms with Crippen LogP contribution >= 0.6 is 11.3 Å². The highest BCUT2D eigenvalue weighted by atomic mass is 32.1. The lowest BCUT2D eigenvalue weighted by Crippen LogP contribution is -2.06. The molecule has 0 aliphatic rings. The van der Waals surface area contributed by atoms with Crippen molar-refractivity contribution in [2.24, 2.45) is 0 Å². The lowest BCUT2D eigenvalue weighted by Gasteiger charge is -2.16. The number of nitrogens with zero attached hydrogens (tertiary/aromatic N) is 2. The summed E-state index contributed by atoms with van der Waals surface area (Å²) in [6.45, 7) is 2.06. The molecular weight excluding hydrogens is 286 g/mol. The van der Waals surface area contributed by atoms with Crippen LogP contribution in [0.1, 0.15) is 18.5 Å². The monoisotopic (exact) mass is 299 g/mol. The molecule has 0 spiro atoms. The highest BCUT2D eigenvalue weighted by molar-refractivity contribution is 7.08. The molecule has 0 bridgehead atoms. The minimum atomic E-state index is -0.367. The number of benzene rings is 1. The Morgan fingerprint density at radius 3 is 2.86 bits per heavy atom. The van der Waals surface area contributed by atoms with Gasteiger partial charge in [-0.15, -0.1) is 0 Å². The Kier molecular flexibility index (Phi) is 3.53. The molecule has 1 unspecified atom stereocenters. The summed E-state index contributed by atoms with van der Waals surface area (Å²) in [7, 11) is 0. The van der Waals surface area contributed by atoms with Gasteiger partial charge in [-0.05, 0) is 41.4 Å². The summed E-state index contributed by atoms with van der Waals surface area (Å²) in [5.74, 6) is 0. The second kappa shape index (κ2) is 5.49. The van der Waals surface area contributed by atoms with Crippen LogP contribution < -0.4 is 5.32 Å². The predicted molar refractivity (Wildman–Crippen MR) is 84.8 cm³/mol. The van der Waals surface area contributed by atoms with Gasteiger partial charge < -0.3 is 5.32 Å². The number of nitro groups is 1.